The number of halogens is 1. The summed E-state index contributed by atoms with van der Waals surface area (Å²) in [6.07, 6.45) is -0.589. The van der Waals surface area contributed by atoms with Gasteiger partial charge in [-0.05, 0) is 23.8 Å². The zero-order valence-electron chi connectivity index (χ0n) is 12.7. The van der Waals surface area contributed by atoms with Gasteiger partial charge < -0.3 is 19.9 Å². The minimum absolute atomic E-state index is 0.433. The van der Waals surface area contributed by atoms with Crippen molar-refractivity contribution in [3.8, 4) is 11.5 Å². The van der Waals surface area contributed by atoms with E-state index in [0.717, 1.165) is 11.1 Å². The van der Waals surface area contributed by atoms with E-state index in [2.05, 4.69) is 5.32 Å². The van der Waals surface area contributed by atoms with Crippen LogP contribution >= 0.6 is 11.6 Å². The smallest absolute Gasteiger partial charge is 0.165 e. The number of hydrogen-bond acceptors (Lipinski definition) is 4. The molecule has 0 radical (unpaired) electrons. The van der Waals surface area contributed by atoms with Crippen LogP contribution in [0, 0.1) is 0 Å². The maximum Gasteiger partial charge on any atom is 0.165 e. The Morgan fingerprint density at radius 3 is 2.45 bits per heavy atom. The molecule has 2 rings (SSSR count). The molecule has 0 fully saturated rings. The number of ether oxygens (including phenoxy) is 2. The van der Waals surface area contributed by atoms with Gasteiger partial charge in [0.2, 0.25) is 0 Å². The molecular formula is C17H20ClNO3. The van der Waals surface area contributed by atoms with Gasteiger partial charge in [0.05, 0.1) is 20.3 Å². The van der Waals surface area contributed by atoms with E-state index in [0.29, 0.717) is 29.6 Å². The average molecular weight is 322 g/mol. The van der Waals surface area contributed by atoms with Crippen LogP contribution < -0.4 is 14.8 Å². The Kier molecular flexibility index (Phi) is 6.07. The summed E-state index contributed by atoms with van der Waals surface area (Å²) in [5.74, 6) is 1.40. The Morgan fingerprint density at radius 2 is 1.82 bits per heavy atom. The van der Waals surface area contributed by atoms with Crippen LogP contribution in [0.15, 0.2) is 42.5 Å². The summed E-state index contributed by atoms with van der Waals surface area (Å²) in [5.41, 5.74) is 1.81. The van der Waals surface area contributed by atoms with Crippen molar-refractivity contribution >= 4 is 11.6 Å². The Labute approximate surface area is 135 Å². The molecule has 0 aliphatic rings. The molecule has 0 saturated carbocycles. The van der Waals surface area contributed by atoms with Crippen LogP contribution in [0.1, 0.15) is 17.2 Å². The number of aliphatic hydroxyl groups excluding tert-OH is 1. The summed E-state index contributed by atoms with van der Waals surface area (Å²) in [4.78, 5) is 0. The fourth-order valence-corrected chi connectivity index (χ4v) is 2.37. The highest BCUT2D eigenvalue weighted by Gasteiger charge is 2.11. The van der Waals surface area contributed by atoms with Gasteiger partial charge in [-0.15, -0.1) is 0 Å². The Morgan fingerprint density at radius 1 is 1.09 bits per heavy atom. The highest BCUT2D eigenvalue weighted by atomic mass is 35.5. The molecule has 1 unspecified atom stereocenters. The number of rotatable bonds is 7. The first-order valence-corrected chi connectivity index (χ1v) is 7.37. The summed E-state index contributed by atoms with van der Waals surface area (Å²) in [6.45, 7) is 1.01. The maximum absolute atomic E-state index is 10.2. The van der Waals surface area contributed by atoms with Crippen LogP contribution in [-0.4, -0.2) is 25.9 Å². The fraction of sp³-hybridized carbons (Fsp3) is 0.294. The third-order valence-corrected chi connectivity index (χ3v) is 3.64. The summed E-state index contributed by atoms with van der Waals surface area (Å²) in [5, 5.41) is 14.0. The lowest BCUT2D eigenvalue weighted by molar-refractivity contribution is 0.174. The van der Waals surface area contributed by atoms with E-state index in [1.807, 2.05) is 30.3 Å². The van der Waals surface area contributed by atoms with Gasteiger partial charge in [0.1, 0.15) is 0 Å². The largest absolute Gasteiger partial charge is 0.493 e. The zero-order chi connectivity index (χ0) is 15.9. The van der Waals surface area contributed by atoms with Crippen molar-refractivity contribution in [2.45, 2.75) is 12.6 Å². The van der Waals surface area contributed by atoms with Crippen LogP contribution in [-0.2, 0) is 6.54 Å². The minimum atomic E-state index is -0.589. The summed E-state index contributed by atoms with van der Waals surface area (Å²) >= 11 is 5.84. The Hall–Kier alpha value is -1.75. The predicted octanol–water partition coefficient (Wildman–Crippen LogP) is 3.18. The topological polar surface area (TPSA) is 50.7 Å². The van der Waals surface area contributed by atoms with E-state index in [4.69, 9.17) is 21.1 Å². The maximum atomic E-state index is 10.2. The summed E-state index contributed by atoms with van der Waals surface area (Å²) < 4.78 is 10.7. The van der Waals surface area contributed by atoms with Gasteiger partial charge in [0, 0.05) is 23.7 Å². The quantitative estimate of drug-likeness (QED) is 0.822. The van der Waals surface area contributed by atoms with E-state index in [1.54, 1.807) is 26.4 Å². The molecular weight excluding hydrogens is 302 g/mol. The van der Waals surface area contributed by atoms with E-state index >= 15 is 0 Å². The summed E-state index contributed by atoms with van der Waals surface area (Å²) in [7, 11) is 3.23. The molecule has 0 aliphatic carbocycles. The third-order valence-electron chi connectivity index (χ3n) is 3.39. The van der Waals surface area contributed by atoms with Crippen LogP contribution in [0.25, 0.3) is 0 Å². The zero-order valence-corrected chi connectivity index (χ0v) is 13.4. The number of methoxy groups -OCH3 is 2. The van der Waals surface area contributed by atoms with Crippen LogP contribution in [0.2, 0.25) is 5.02 Å². The first kappa shape index (κ1) is 16.6. The molecule has 22 heavy (non-hydrogen) atoms. The number of hydrogen-bond donors (Lipinski definition) is 2. The minimum Gasteiger partial charge on any atom is -0.493 e. The SMILES string of the molecule is COc1cccc(CNCC(O)c2ccc(Cl)cc2)c1OC. The molecule has 0 aliphatic heterocycles. The van der Waals surface area contributed by atoms with Crippen molar-refractivity contribution in [1.82, 2.24) is 5.32 Å². The summed E-state index contributed by atoms with van der Waals surface area (Å²) in [6, 6.07) is 12.9. The number of para-hydroxylation sites is 1. The van der Waals surface area contributed by atoms with Gasteiger partial charge in [-0.25, -0.2) is 0 Å². The molecule has 0 aromatic heterocycles. The molecule has 2 N–H and O–H groups in total. The number of benzene rings is 2. The molecule has 2 aromatic carbocycles. The molecule has 0 heterocycles. The monoisotopic (exact) mass is 321 g/mol. The lowest BCUT2D eigenvalue weighted by Crippen LogP contribution is -2.21. The predicted molar refractivity (Wildman–Crippen MR) is 87.7 cm³/mol. The Bertz CT molecular complexity index is 601. The standard InChI is InChI=1S/C17H20ClNO3/c1-21-16-5-3-4-13(17(16)22-2)10-19-11-15(20)12-6-8-14(18)9-7-12/h3-9,15,19-20H,10-11H2,1-2H3. The number of nitrogens with one attached hydrogen (secondary N) is 1. The van der Waals surface area contributed by atoms with Crippen molar-refractivity contribution in [3.05, 3.63) is 58.6 Å². The van der Waals surface area contributed by atoms with E-state index in [9.17, 15) is 5.11 Å². The lowest BCUT2D eigenvalue weighted by atomic mass is 10.1. The van der Waals surface area contributed by atoms with Gasteiger partial charge in [0.15, 0.2) is 11.5 Å². The van der Waals surface area contributed by atoms with Crippen molar-refractivity contribution in [2.24, 2.45) is 0 Å². The highest BCUT2D eigenvalue weighted by Crippen LogP contribution is 2.30. The fourth-order valence-electron chi connectivity index (χ4n) is 2.24. The van der Waals surface area contributed by atoms with Crippen molar-refractivity contribution in [2.75, 3.05) is 20.8 Å². The second kappa shape index (κ2) is 8.03. The second-order valence-corrected chi connectivity index (χ2v) is 5.29. The van der Waals surface area contributed by atoms with E-state index < -0.39 is 6.10 Å². The second-order valence-electron chi connectivity index (χ2n) is 4.85. The molecule has 1 atom stereocenters. The van der Waals surface area contributed by atoms with Gasteiger partial charge >= 0.3 is 0 Å². The third kappa shape index (κ3) is 4.13. The molecule has 0 bridgehead atoms. The first-order valence-electron chi connectivity index (χ1n) is 6.99. The lowest BCUT2D eigenvalue weighted by Gasteiger charge is -2.15. The van der Waals surface area contributed by atoms with Crippen molar-refractivity contribution < 1.29 is 14.6 Å². The number of aliphatic hydroxyl groups is 1. The molecule has 0 spiro atoms. The van der Waals surface area contributed by atoms with Crippen molar-refractivity contribution in [3.63, 3.8) is 0 Å². The molecule has 4 nitrogen and oxygen atoms in total. The van der Waals surface area contributed by atoms with Crippen LogP contribution in [0.4, 0.5) is 0 Å². The van der Waals surface area contributed by atoms with Gasteiger partial charge in [0.25, 0.3) is 0 Å². The molecule has 0 saturated heterocycles. The van der Waals surface area contributed by atoms with E-state index in [1.165, 1.54) is 0 Å². The van der Waals surface area contributed by atoms with Gasteiger partial charge in [-0.2, -0.15) is 0 Å². The van der Waals surface area contributed by atoms with E-state index in [-0.39, 0.29) is 0 Å². The van der Waals surface area contributed by atoms with Crippen molar-refractivity contribution in [1.29, 1.82) is 0 Å². The molecule has 5 heteroatoms. The van der Waals surface area contributed by atoms with Crippen LogP contribution in [0.3, 0.4) is 0 Å². The molecule has 118 valence electrons. The van der Waals surface area contributed by atoms with Gasteiger partial charge in [-0.3, -0.25) is 0 Å². The van der Waals surface area contributed by atoms with Crippen LogP contribution in [0.5, 0.6) is 11.5 Å². The normalized spacial score (nSPS) is 12.0. The highest BCUT2D eigenvalue weighted by molar-refractivity contribution is 6.30. The molecule has 0 amide bonds. The molecule has 2 aromatic rings. The Balaban J connectivity index is 1.95. The average Bonchev–Trinajstić information content (AvgIpc) is 2.55. The first-order chi connectivity index (χ1) is 10.7. The van der Waals surface area contributed by atoms with Gasteiger partial charge in [-0.1, -0.05) is 35.9 Å².